The summed E-state index contributed by atoms with van der Waals surface area (Å²) in [7, 11) is 4.25. The molecule has 2 saturated carbocycles. The van der Waals surface area contributed by atoms with Crippen LogP contribution in [-0.4, -0.2) is 64.9 Å². The zero-order chi connectivity index (χ0) is 27.9. The fourth-order valence-electron chi connectivity index (χ4n) is 6.42. The van der Waals surface area contributed by atoms with Crippen molar-refractivity contribution in [3.8, 4) is 0 Å². The first-order valence-corrected chi connectivity index (χ1v) is 14.5. The quantitative estimate of drug-likeness (QED) is 0.392. The van der Waals surface area contributed by atoms with E-state index in [1.54, 1.807) is 18.2 Å². The van der Waals surface area contributed by atoms with E-state index in [0.29, 0.717) is 0 Å². The minimum atomic E-state index is -0.221. The van der Waals surface area contributed by atoms with Crippen LogP contribution in [-0.2, 0) is 13.1 Å². The van der Waals surface area contributed by atoms with Crippen molar-refractivity contribution in [1.29, 1.82) is 0 Å². The summed E-state index contributed by atoms with van der Waals surface area (Å²) in [6.45, 7) is 1.68. The van der Waals surface area contributed by atoms with Gasteiger partial charge in [0.2, 0.25) is 0 Å². The molecule has 0 unspecified atom stereocenters. The Labute approximate surface area is 238 Å². The molecule has 2 aliphatic carbocycles. The molecule has 210 valence electrons. The second kappa shape index (κ2) is 13.2. The van der Waals surface area contributed by atoms with Gasteiger partial charge in [-0.25, -0.2) is 4.98 Å². The van der Waals surface area contributed by atoms with Crippen molar-refractivity contribution in [2.24, 2.45) is 0 Å². The van der Waals surface area contributed by atoms with Gasteiger partial charge >= 0.3 is 0 Å². The number of amides is 2. The number of hydrogen-bond acceptors (Lipinski definition) is 5. The maximum atomic E-state index is 13.2. The van der Waals surface area contributed by atoms with Crippen LogP contribution in [0.4, 0.5) is 0 Å². The summed E-state index contributed by atoms with van der Waals surface area (Å²) in [5.41, 5.74) is 3.09. The van der Waals surface area contributed by atoms with Crippen LogP contribution in [0.25, 0.3) is 0 Å². The number of carbonyl (C=O) groups is 2. The monoisotopic (exact) mass is 539 g/mol. The van der Waals surface area contributed by atoms with Gasteiger partial charge in [-0.2, -0.15) is 0 Å². The van der Waals surface area contributed by atoms with Gasteiger partial charge < -0.3 is 10.6 Å². The minimum absolute atomic E-state index is 0.0555. The van der Waals surface area contributed by atoms with Crippen LogP contribution < -0.4 is 10.6 Å². The van der Waals surface area contributed by atoms with Crippen LogP contribution in [0.5, 0.6) is 0 Å². The zero-order valence-corrected chi connectivity index (χ0v) is 23.6. The lowest BCUT2D eigenvalue weighted by Gasteiger charge is -2.30. The normalized spacial score (nSPS) is 22.5. The minimum Gasteiger partial charge on any atom is -0.346 e. The number of aromatic nitrogens is 1. The first-order chi connectivity index (χ1) is 19.5. The van der Waals surface area contributed by atoms with Crippen molar-refractivity contribution in [3.05, 3.63) is 101 Å². The molecule has 0 spiro atoms. The second-order valence-corrected chi connectivity index (χ2v) is 11.4. The van der Waals surface area contributed by atoms with Crippen molar-refractivity contribution in [2.45, 2.75) is 75.8 Å². The van der Waals surface area contributed by atoms with Crippen LogP contribution in [0.3, 0.4) is 0 Å². The molecule has 2 amide bonds. The summed E-state index contributed by atoms with van der Waals surface area (Å²) in [6, 6.07) is 26.6. The number of likely N-dealkylation sites (N-methyl/N-ethyl adjacent to an activating group) is 2. The van der Waals surface area contributed by atoms with Crippen LogP contribution in [0, 0.1) is 0 Å². The Morgan fingerprint density at radius 3 is 1.50 bits per heavy atom. The standard InChI is InChI=1S/C33H41N5O2/c1-37(22-24-12-5-3-6-13-24)30-20-10-16-26(30)35-32(39)28-18-9-19-29(34-28)33(40)36-27-17-11-21-31(27)38(2)23-25-14-7-4-8-15-25/h3-9,12-15,18-19,26-27,30-31H,10-11,16-17,20-23H2,1-2H3,(H,35,39)(H,36,40)/t26-,27-,30-,31-/m1/s1. The number of pyridine rings is 1. The van der Waals surface area contributed by atoms with Gasteiger partial charge in [0, 0.05) is 37.3 Å². The van der Waals surface area contributed by atoms with Crippen molar-refractivity contribution < 1.29 is 9.59 Å². The van der Waals surface area contributed by atoms with Gasteiger partial charge in [0.05, 0.1) is 0 Å². The molecule has 1 heterocycles. The highest BCUT2D eigenvalue weighted by Crippen LogP contribution is 2.26. The highest BCUT2D eigenvalue weighted by Gasteiger charge is 2.33. The number of nitrogens with one attached hydrogen (secondary N) is 2. The molecule has 40 heavy (non-hydrogen) atoms. The van der Waals surface area contributed by atoms with Crippen molar-refractivity contribution in [1.82, 2.24) is 25.4 Å². The van der Waals surface area contributed by atoms with Crippen molar-refractivity contribution in [3.63, 3.8) is 0 Å². The van der Waals surface area contributed by atoms with E-state index in [1.807, 2.05) is 12.1 Å². The topological polar surface area (TPSA) is 77.6 Å². The van der Waals surface area contributed by atoms with Gasteiger partial charge in [0.15, 0.2) is 0 Å². The average Bonchev–Trinajstić information content (AvgIpc) is 3.64. The van der Waals surface area contributed by atoms with Crippen LogP contribution in [0.15, 0.2) is 78.9 Å². The largest absolute Gasteiger partial charge is 0.346 e. The van der Waals surface area contributed by atoms with Gasteiger partial charge in [0.1, 0.15) is 11.4 Å². The van der Waals surface area contributed by atoms with Gasteiger partial charge in [-0.3, -0.25) is 19.4 Å². The summed E-state index contributed by atoms with van der Waals surface area (Å²) in [5, 5.41) is 6.43. The predicted octanol–water partition coefficient (Wildman–Crippen LogP) is 4.65. The summed E-state index contributed by atoms with van der Waals surface area (Å²) in [6.07, 6.45) is 6.12. The molecule has 2 aromatic carbocycles. The third-order valence-corrected chi connectivity index (χ3v) is 8.49. The molecule has 5 rings (SSSR count). The number of hydrogen-bond donors (Lipinski definition) is 2. The van der Waals surface area contributed by atoms with Crippen molar-refractivity contribution >= 4 is 11.8 Å². The Kier molecular flexibility index (Phi) is 9.24. The highest BCUT2D eigenvalue weighted by molar-refractivity contribution is 5.96. The van der Waals surface area contributed by atoms with E-state index in [-0.39, 0.29) is 47.4 Å². The lowest BCUT2D eigenvalue weighted by atomic mass is 10.1. The summed E-state index contributed by atoms with van der Waals surface area (Å²) in [4.78, 5) is 35.6. The van der Waals surface area contributed by atoms with E-state index in [1.165, 1.54) is 11.1 Å². The molecule has 2 N–H and O–H groups in total. The van der Waals surface area contributed by atoms with E-state index in [0.717, 1.165) is 51.6 Å². The Bertz CT molecular complexity index is 1170. The molecule has 1 aromatic heterocycles. The molecule has 3 aromatic rings. The molecule has 0 saturated heterocycles. The zero-order valence-electron chi connectivity index (χ0n) is 23.6. The summed E-state index contributed by atoms with van der Waals surface area (Å²) in [5.74, 6) is -0.443. The molecule has 0 bridgehead atoms. The third kappa shape index (κ3) is 6.95. The first kappa shape index (κ1) is 28.0. The molecule has 2 fully saturated rings. The van der Waals surface area contributed by atoms with Crippen molar-refractivity contribution in [2.75, 3.05) is 14.1 Å². The van der Waals surface area contributed by atoms with Crippen LogP contribution in [0.1, 0.15) is 70.6 Å². The fraction of sp³-hybridized carbons (Fsp3) is 0.424. The van der Waals surface area contributed by atoms with Gasteiger partial charge in [-0.15, -0.1) is 0 Å². The summed E-state index contributed by atoms with van der Waals surface area (Å²) >= 11 is 0. The average molecular weight is 540 g/mol. The maximum Gasteiger partial charge on any atom is 0.270 e. The SMILES string of the molecule is CN(Cc1ccccc1)[C@@H]1CCC[C@H]1NC(=O)c1cccc(C(=O)N[C@@H]2CCC[C@H]2N(C)Cc2ccccc2)n1. The molecular formula is C33H41N5O2. The molecule has 0 aliphatic heterocycles. The Morgan fingerprint density at radius 1 is 0.650 bits per heavy atom. The second-order valence-electron chi connectivity index (χ2n) is 11.4. The van der Waals surface area contributed by atoms with E-state index >= 15 is 0 Å². The predicted molar refractivity (Wildman–Crippen MR) is 158 cm³/mol. The Morgan fingerprint density at radius 2 is 1.07 bits per heavy atom. The maximum absolute atomic E-state index is 13.2. The Hall–Kier alpha value is -3.55. The number of carbonyl (C=O) groups excluding carboxylic acids is 2. The molecule has 0 radical (unpaired) electrons. The Balaban J connectivity index is 1.18. The smallest absolute Gasteiger partial charge is 0.270 e. The van der Waals surface area contributed by atoms with E-state index in [4.69, 9.17) is 0 Å². The summed E-state index contributed by atoms with van der Waals surface area (Å²) < 4.78 is 0. The number of benzene rings is 2. The molecule has 7 heteroatoms. The van der Waals surface area contributed by atoms with Crippen LogP contribution >= 0.6 is 0 Å². The van der Waals surface area contributed by atoms with E-state index in [9.17, 15) is 9.59 Å². The number of nitrogens with zero attached hydrogens (tertiary/aromatic N) is 3. The molecular weight excluding hydrogens is 498 g/mol. The fourth-order valence-corrected chi connectivity index (χ4v) is 6.42. The highest BCUT2D eigenvalue weighted by atomic mass is 16.2. The lowest BCUT2D eigenvalue weighted by Crippen LogP contribution is -2.48. The number of rotatable bonds is 10. The third-order valence-electron chi connectivity index (χ3n) is 8.49. The van der Waals surface area contributed by atoms with E-state index < -0.39 is 0 Å². The molecule has 2 aliphatic rings. The van der Waals surface area contributed by atoms with Gasteiger partial charge in [0.25, 0.3) is 11.8 Å². The molecule has 4 atom stereocenters. The molecule has 7 nitrogen and oxygen atoms in total. The van der Waals surface area contributed by atoms with Gasteiger partial charge in [-0.1, -0.05) is 66.7 Å². The first-order valence-electron chi connectivity index (χ1n) is 14.5. The lowest BCUT2D eigenvalue weighted by molar-refractivity contribution is 0.0901. The van der Waals surface area contributed by atoms with Crippen LogP contribution in [0.2, 0.25) is 0 Å². The van der Waals surface area contributed by atoms with Gasteiger partial charge in [-0.05, 0) is 75.9 Å². The van der Waals surface area contributed by atoms with E-state index in [2.05, 4.69) is 88.0 Å².